The first-order chi connectivity index (χ1) is 14.3. The summed E-state index contributed by atoms with van der Waals surface area (Å²) in [6, 6.07) is 0. The molecule has 0 N–H and O–H groups in total. The second-order valence-corrected chi connectivity index (χ2v) is 11.6. The summed E-state index contributed by atoms with van der Waals surface area (Å²) < 4.78 is 0. The molecule has 0 aromatic heterocycles. The van der Waals surface area contributed by atoms with Crippen molar-refractivity contribution in [3.63, 3.8) is 0 Å². The van der Waals surface area contributed by atoms with Gasteiger partial charge in [-0.25, -0.2) is 0 Å². The van der Waals surface area contributed by atoms with Gasteiger partial charge in [0, 0.05) is 0 Å². The van der Waals surface area contributed by atoms with E-state index in [0.29, 0.717) is 10.8 Å². The lowest BCUT2D eigenvalue weighted by molar-refractivity contribution is 0.155. The molecule has 0 saturated heterocycles. The fourth-order valence-corrected chi connectivity index (χ4v) is 6.78. The molecular formula is C30H58. The van der Waals surface area contributed by atoms with Gasteiger partial charge in [-0.05, 0) is 47.3 Å². The third-order valence-corrected chi connectivity index (χ3v) is 9.22. The van der Waals surface area contributed by atoms with E-state index >= 15 is 0 Å². The summed E-state index contributed by atoms with van der Waals surface area (Å²) in [5.74, 6) is 3.32. The van der Waals surface area contributed by atoms with Gasteiger partial charge in [0.2, 0.25) is 0 Å². The van der Waals surface area contributed by atoms with E-state index in [1.807, 2.05) is 0 Å². The van der Waals surface area contributed by atoms with E-state index in [2.05, 4.69) is 61.1 Å². The highest BCUT2D eigenvalue weighted by Gasteiger charge is 2.70. The van der Waals surface area contributed by atoms with E-state index in [0.717, 1.165) is 23.7 Å². The zero-order valence-corrected chi connectivity index (χ0v) is 22.2. The molecule has 178 valence electrons. The smallest absolute Gasteiger partial charge is 0.0115 e. The van der Waals surface area contributed by atoms with Crippen LogP contribution in [0.3, 0.4) is 0 Å². The lowest BCUT2D eigenvalue weighted by Gasteiger charge is -2.34. The van der Waals surface area contributed by atoms with Crippen LogP contribution in [0.1, 0.15) is 145 Å². The highest BCUT2D eigenvalue weighted by molar-refractivity contribution is 5.24. The van der Waals surface area contributed by atoms with E-state index in [-0.39, 0.29) is 0 Å². The van der Waals surface area contributed by atoms with Crippen molar-refractivity contribution >= 4 is 0 Å². The molecule has 1 aliphatic rings. The van der Waals surface area contributed by atoms with Crippen LogP contribution in [0.2, 0.25) is 0 Å². The van der Waals surface area contributed by atoms with Crippen molar-refractivity contribution in [2.45, 2.75) is 145 Å². The van der Waals surface area contributed by atoms with Crippen LogP contribution in [0.4, 0.5) is 0 Å². The van der Waals surface area contributed by atoms with Crippen molar-refractivity contribution in [1.29, 1.82) is 0 Å². The zero-order chi connectivity index (χ0) is 22.6. The van der Waals surface area contributed by atoms with Gasteiger partial charge in [0.05, 0.1) is 0 Å². The highest BCUT2D eigenvalue weighted by atomic mass is 14.7. The van der Waals surface area contributed by atoms with Gasteiger partial charge in [0.25, 0.3) is 0 Å². The summed E-state index contributed by atoms with van der Waals surface area (Å²) in [7, 11) is 0. The van der Waals surface area contributed by atoms with Crippen molar-refractivity contribution in [1.82, 2.24) is 0 Å². The topological polar surface area (TPSA) is 0 Å². The minimum absolute atomic E-state index is 0.476. The Labute approximate surface area is 192 Å². The predicted molar refractivity (Wildman–Crippen MR) is 138 cm³/mol. The summed E-state index contributed by atoms with van der Waals surface area (Å²) in [5.41, 5.74) is 0.955. The lowest BCUT2D eigenvalue weighted by atomic mass is 9.71. The standard InChI is InChI=1S/C30H58/c1-9-12-13-14-18-21-24-27(30(8)28(10-2)29(30,7)11-3)26(6)23-20-17-15-16-19-22-25(4)5/h10,25-28H,2,9,11-24H2,1,3-8H3. The first-order valence-electron chi connectivity index (χ1n) is 13.9. The first-order valence-corrected chi connectivity index (χ1v) is 13.9. The largest absolute Gasteiger partial charge is 0.103 e. The predicted octanol–water partition coefficient (Wildman–Crippen LogP) is 10.6. The van der Waals surface area contributed by atoms with Gasteiger partial charge in [0.15, 0.2) is 0 Å². The van der Waals surface area contributed by atoms with Crippen LogP contribution in [0.25, 0.3) is 0 Å². The molecule has 5 unspecified atom stereocenters. The number of unbranched alkanes of at least 4 members (excludes halogenated alkanes) is 9. The fraction of sp³-hybridized carbons (Fsp3) is 0.933. The Morgan fingerprint density at radius 1 is 0.733 bits per heavy atom. The molecule has 30 heavy (non-hydrogen) atoms. The summed E-state index contributed by atoms with van der Waals surface area (Å²) in [6.45, 7) is 21.4. The molecule has 1 aliphatic carbocycles. The Kier molecular flexibility index (Phi) is 13.0. The van der Waals surface area contributed by atoms with Crippen LogP contribution in [0.5, 0.6) is 0 Å². The molecule has 1 fully saturated rings. The number of allylic oxidation sites excluding steroid dienone is 1. The van der Waals surface area contributed by atoms with Crippen LogP contribution in [-0.4, -0.2) is 0 Å². The SMILES string of the molecule is C=CC1C(C)(CC)C1(C)C(CCCCCCCC)C(C)CCCCCCCC(C)C. The van der Waals surface area contributed by atoms with Gasteiger partial charge < -0.3 is 0 Å². The number of hydrogen-bond acceptors (Lipinski definition) is 0. The summed E-state index contributed by atoms with van der Waals surface area (Å²) in [5, 5.41) is 0. The highest BCUT2D eigenvalue weighted by Crippen LogP contribution is 2.76. The van der Waals surface area contributed by atoms with Crippen LogP contribution < -0.4 is 0 Å². The third-order valence-electron chi connectivity index (χ3n) is 9.22. The molecular weight excluding hydrogens is 360 g/mol. The average molecular weight is 419 g/mol. The van der Waals surface area contributed by atoms with E-state index in [4.69, 9.17) is 0 Å². The number of hydrogen-bond donors (Lipinski definition) is 0. The maximum atomic E-state index is 4.25. The third kappa shape index (κ3) is 7.41. The molecule has 0 aromatic rings. The second kappa shape index (κ2) is 14.0. The molecule has 0 spiro atoms. The molecule has 0 radical (unpaired) electrons. The van der Waals surface area contributed by atoms with Crippen LogP contribution in [-0.2, 0) is 0 Å². The van der Waals surface area contributed by atoms with Gasteiger partial charge >= 0.3 is 0 Å². The molecule has 0 nitrogen and oxygen atoms in total. The molecule has 1 saturated carbocycles. The lowest BCUT2D eigenvalue weighted by Crippen LogP contribution is -2.26. The molecule has 5 atom stereocenters. The number of rotatable bonds is 19. The van der Waals surface area contributed by atoms with Gasteiger partial charge in [0.1, 0.15) is 0 Å². The molecule has 0 aliphatic heterocycles. The maximum absolute atomic E-state index is 4.25. The van der Waals surface area contributed by atoms with E-state index in [9.17, 15) is 0 Å². The Hall–Kier alpha value is -0.260. The van der Waals surface area contributed by atoms with Crippen molar-refractivity contribution in [3.05, 3.63) is 12.7 Å². The van der Waals surface area contributed by atoms with Crippen LogP contribution >= 0.6 is 0 Å². The minimum atomic E-state index is 0.476. The van der Waals surface area contributed by atoms with Crippen molar-refractivity contribution in [2.24, 2.45) is 34.5 Å². The minimum Gasteiger partial charge on any atom is -0.103 e. The Balaban J connectivity index is 2.55. The first kappa shape index (κ1) is 27.8. The van der Waals surface area contributed by atoms with Crippen LogP contribution in [0.15, 0.2) is 12.7 Å². The van der Waals surface area contributed by atoms with E-state index in [1.165, 1.54) is 96.3 Å². The Morgan fingerprint density at radius 3 is 1.70 bits per heavy atom. The van der Waals surface area contributed by atoms with E-state index < -0.39 is 0 Å². The molecule has 0 bridgehead atoms. The summed E-state index contributed by atoms with van der Waals surface area (Å²) in [4.78, 5) is 0. The Bertz CT molecular complexity index is 449. The molecule has 0 aromatic carbocycles. The van der Waals surface area contributed by atoms with Crippen molar-refractivity contribution in [3.8, 4) is 0 Å². The van der Waals surface area contributed by atoms with Crippen molar-refractivity contribution < 1.29 is 0 Å². The Morgan fingerprint density at radius 2 is 1.23 bits per heavy atom. The quantitative estimate of drug-likeness (QED) is 0.144. The van der Waals surface area contributed by atoms with Gasteiger partial charge in [-0.1, -0.05) is 138 Å². The summed E-state index contributed by atoms with van der Waals surface area (Å²) >= 11 is 0. The molecule has 0 amide bonds. The van der Waals surface area contributed by atoms with Crippen LogP contribution in [0, 0.1) is 34.5 Å². The van der Waals surface area contributed by atoms with Gasteiger partial charge in [-0.3, -0.25) is 0 Å². The van der Waals surface area contributed by atoms with Gasteiger partial charge in [-0.2, -0.15) is 0 Å². The fourth-order valence-electron chi connectivity index (χ4n) is 6.78. The van der Waals surface area contributed by atoms with Crippen molar-refractivity contribution in [2.75, 3.05) is 0 Å². The molecule has 0 heterocycles. The van der Waals surface area contributed by atoms with E-state index in [1.54, 1.807) is 0 Å². The summed E-state index contributed by atoms with van der Waals surface area (Å²) in [6.07, 6.45) is 23.6. The molecule has 0 heteroatoms. The average Bonchev–Trinajstić information content (AvgIpc) is 3.21. The second-order valence-electron chi connectivity index (χ2n) is 11.6. The molecule has 1 rings (SSSR count). The zero-order valence-electron chi connectivity index (χ0n) is 22.2. The maximum Gasteiger partial charge on any atom is -0.0115 e. The monoisotopic (exact) mass is 418 g/mol. The normalized spacial score (nSPS) is 27.9. The van der Waals surface area contributed by atoms with Gasteiger partial charge in [-0.15, -0.1) is 6.58 Å².